The van der Waals surface area contributed by atoms with Gasteiger partial charge in [0.2, 0.25) is 0 Å². The molecule has 0 aliphatic carbocycles. The second-order valence-corrected chi connectivity index (χ2v) is 15.0. The highest BCUT2D eigenvalue weighted by atomic mass is 16.6. The van der Waals surface area contributed by atoms with E-state index in [-0.39, 0.29) is 18.5 Å². The fourth-order valence-corrected chi connectivity index (χ4v) is 6.45. The summed E-state index contributed by atoms with van der Waals surface area (Å²) in [6.07, 6.45) is 44.9. The number of hydrogen-bond donors (Lipinski definition) is 0. The Balaban J connectivity index is 4.18. The minimum absolute atomic E-state index is 0.0887. The molecule has 0 rings (SSSR count). The largest absolute Gasteiger partial charge is 0.462 e. The fourth-order valence-electron chi connectivity index (χ4n) is 6.45. The summed E-state index contributed by atoms with van der Waals surface area (Å²) in [7, 11) is 0. The first kappa shape index (κ1) is 48.6. The minimum Gasteiger partial charge on any atom is -0.462 e. The molecular weight excluding hydrogens is 620 g/mol. The maximum absolute atomic E-state index is 12.7. The number of unbranched alkanes of at least 4 members (excludes halogenated alkanes) is 28. The topological polar surface area (TPSA) is 61.8 Å². The molecule has 0 spiro atoms. The van der Waals surface area contributed by atoms with Gasteiger partial charge in [0.05, 0.1) is 6.61 Å². The van der Waals surface area contributed by atoms with Crippen LogP contribution >= 0.6 is 0 Å². The van der Waals surface area contributed by atoms with Crippen LogP contribution in [0.25, 0.3) is 0 Å². The Labute approximate surface area is 312 Å². The number of rotatable bonds is 41. The summed E-state index contributed by atoms with van der Waals surface area (Å²) in [5, 5.41) is 0. The van der Waals surface area contributed by atoms with Crippen molar-refractivity contribution in [2.75, 3.05) is 19.8 Å². The summed E-state index contributed by atoms with van der Waals surface area (Å²) in [5.74, 6) is -0.396. The predicted molar refractivity (Wildman–Crippen MR) is 215 cm³/mol. The molecule has 0 bridgehead atoms. The van der Waals surface area contributed by atoms with Gasteiger partial charge in [0.25, 0.3) is 0 Å². The first-order chi connectivity index (χ1) is 24.6. The molecule has 0 saturated carbocycles. The molecule has 0 heterocycles. The lowest BCUT2D eigenvalue weighted by molar-refractivity contribution is -0.163. The van der Waals surface area contributed by atoms with Crippen LogP contribution in [0.5, 0.6) is 0 Å². The molecule has 0 N–H and O–H groups in total. The molecule has 0 aromatic carbocycles. The van der Waals surface area contributed by atoms with Crippen molar-refractivity contribution in [2.45, 2.75) is 245 Å². The van der Waals surface area contributed by atoms with E-state index < -0.39 is 6.10 Å². The lowest BCUT2D eigenvalue weighted by Gasteiger charge is -2.18. The van der Waals surface area contributed by atoms with Crippen LogP contribution in [0.3, 0.4) is 0 Å². The third-order valence-corrected chi connectivity index (χ3v) is 9.80. The van der Waals surface area contributed by atoms with Crippen LogP contribution in [0.2, 0.25) is 0 Å². The SMILES string of the molecule is CCCCCC/C=C\CCCCCCCC(=O)OCC(COCCCCCCCCCC)OC(=O)CCCCCCCCCCCCCCC. The number of carbonyl (C=O) groups excluding carboxylic acids is 2. The molecular formula is C45H86O5. The van der Waals surface area contributed by atoms with E-state index in [2.05, 4.69) is 32.9 Å². The van der Waals surface area contributed by atoms with Gasteiger partial charge in [0.1, 0.15) is 6.61 Å². The van der Waals surface area contributed by atoms with Gasteiger partial charge in [0.15, 0.2) is 6.10 Å². The Hall–Kier alpha value is -1.36. The molecule has 1 atom stereocenters. The van der Waals surface area contributed by atoms with Gasteiger partial charge in [-0.2, -0.15) is 0 Å². The zero-order chi connectivity index (χ0) is 36.4. The maximum atomic E-state index is 12.7. The highest BCUT2D eigenvalue weighted by Crippen LogP contribution is 2.15. The Morgan fingerprint density at radius 1 is 0.420 bits per heavy atom. The maximum Gasteiger partial charge on any atom is 0.306 e. The molecule has 0 aliphatic rings. The molecule has 0 amide bonds. The molecule has 0 aromatic rings. The molecule has 0 saturated heterocycles. The second kappa shape index (κ2) is 42.1. The highest BCUT2D eigenvalue weighted by molar-refractivity contribution is 5.70. The summed E-state index contributed by atoms with van der Waals surface area (Å²) < 4.78 is 17.2. The third-order valence-electron chi connectivity index (χ3n) is 9.80. The third kappa shape index (κ3) is 39.4. The highest BCUT2D eigenvalue weighted by Gasteiger charge is 2.17. The van der Waals surface area contributed by atoms with Gasteiger partial charge in [-0.25, -0.2) is 0 Å². The first-order valence-corrected chi connectivity index (χ1v) is 22.2. The van der Waals surface area contributed by atoms with Crippen LogP contribution in [-0.2, 0) is 23.8 Å². The van der Waals surface area contributed by atoms with Crippen molar-refractivity contribution in [3.63, 3.8) is 0 Å². The number of carbonyl (C=O) groups is 2. The van der Waals surface area contributed by atoms with Gasteiger partial charge in [-0.1, -0.05) is 193 Å². The van der Waals surface area contributed by atoms with Gasteiger partial charge < -0.3 is 14.2 Å². The summed E-state index contributed by atoms with van der Waals surface area (Å²) in [6.45, 7) is 7.82. The van der Waals surface area contributed by atoms with Gasteiger partial charge >= 0.3 is 11.9 Å². The lowest BCUT2D eigenvalue weighted by Crippen LogP contribution is -2.30. The lowest BCUT2D eigenvalue weighted by atomic mass is 10.0. The predicted octanol–water partition coefficient (Wildman–Crippen LogP) is 14.3. The number of hydrogen-bond acceptors (Lipinski definition) is 5. The van der Waals surface area contributed by atoms with Crippen LogP contribution in [0.15, 0.2) is 12.2 Å². The summed E-state index contributed by atoms with van der Waals surface area (Å²) in [6, 6.07) is 0. The molecule has 0 aliphatic heterocycles. The summed E-state index contributed by atoms with van der Waals surface area (Å²) in [4.78, 5) is 25.1. The van der Waals surface area contributed by atoms with Crippen LogP contribution in [-0.4, -0.2) is 37.9 Å². The van der Waals surface area contributed by atoms with Crippen LogP contribution in [0, 0.1) is 0 Å². The van der Waals surface area contributed by atoms with Gasteiger partial charge in [-0.05, 0) is 44.9 Å². The monoisotopic (exact) mass is 707 g/mol. The van der Waals surface area contributed by atoms with Crippen molar-refractivity contribution in [1.29, 1.82) is 0 Å². The molecule has 5 nitrogen and oxygen atoms in total. The first-order valence-electron chi connectivity index (χ1n) is 22.2. The molecule has 0 radical (unpaired) electrons. The minimum atomic E-state index is -0.526. The van der Waals surface area contributed by atoms with Crippen molar-refractivity contribution in [3.8, 4) is 0 Å². The van der Waals surface area contributed by atoms with E-state index in [9.17, 15) is 9.59 Å². The van der Waals surface area contributed by atoms with Crippen molar-refractivity contribution < 1.29 is 23.8 Å². The van der Waals surface area contributed by atoms with E-state index in [0.717, 1.165) is 44.9 Å². The van der Waals surface area contributed by atoms with Gasteiger partial charge in [0, 0.05) is 19.4 Å². The number of allylic oxidation sites excluding steroid dienone is 2. The van der Waals surface area contributed by atoms with Gasteiger partial charge in [-0.15, -0.1) is 0 Å². The van der Waals surface area contributed by atoms with E-state index in [1.165, 1.54) is 161 Å². The number of esters is 2. The Kier molecular flexibility index (Phi) is 40.9. The van der Waals surface area contributed by atoms with E-state index >= 15 is 0 Å². The Bertz CT molecular complexity index is 720. The zero-order valence-corrected chi connectivity index (χ0v) is 33.9. The second-order valence-electron chi connectivity index (χ2n) is 15.0. The Morgan fingerprint density at radius 2 is 0.780 bits per heavy atom. The van der Waals surface area contributed by atoms with Gasteiger partial charge in [-0.3, -0.25) is 9.59 Å². The van der Waals surface area contributed by atoms with E-state index in [1.54, 1.807) is 0 Å². The van der Waals surface area contributed by atoms with E-state index in [1.807, 2.05) is 0 Å². The van der Waals surface area contributed by atoms with Crippen molar-refractivity contribution in [3.05, 3.63) is 12.2 Å². The molecule has 50 heavy (non-hydrogen) atoms. The smallest absolute Gasteiger partial charge is 0.306 e. The normalized spacial score (nSPS) is 12.1. The van der Waals surface area contributed by atoms with Crippen LogP contribution in [0.1, 0.15) is 239 Å². The molecule has 1 unspecified atom stereocenters. The fraction of sp³-hybridized carbons (Fsp3) is 0.911. The molecule has 296 valence electrons. The number of ether oxygens (including phenoxy) is 3. The van der Waals surface area contributed by atoms with Crippen molar-refractivity contribution in [1.82, 2.24) is 0 Å². The average molecular weight is 707 g/mol. The Morgan fingerprint density at radius 3 is 1.24 bits per heavy atom. The summed E-state index contributed by atoms with van der Waals surface area (Å²) >= 11 is 0. The zero-order valence-electron chi connectivity index (χ0n) is 33.9. The van der Waals surface area contributed by atoms with Crippen LogP contribution in [0.4, 0.5) is 0 Å². The van der Waals surface area contributed by atoms with E-state index in [0.29, 0.717) is 26.1 Å². The molecule has 0 fully saturated rings. The standard InChI is InChI=1S/C45H86O5/c1-4-7-10-13-16-19-21-23-25-27-29-32-35-38-44(46)49-42-43(41-48-40-37-34-31-18-15-12-9-6-3)50-45(47)39-36-33-30-28-26-24-22-20-17-14-11-8-5-2/h19,21,43H,4-18,20,22-42H2,1-3H3/b21-19-. The van der Waals surface area contributed by atoms with Crippen molar-refractivity contribution >= 4 is 11.9 Å². The van der Waals surface area contributed by atoms with Crippen molar-refractivity contribution in [2.24, 2.45) is 0 Å². The molecule has 0 aromatic heterocycles. The molecule has 5 heteroatoms. The quantitative estimate of drug-likeness (QED) is 0.0360. The average Bonchev–Trinajstić information content (AvgIpc) is 3.11. The van der Waals surface area contributed by atoms with Crippen LogP contribution < -0.4 is 0 Å². The summed E-state index contributed by atoms with van der Waals surface area (Å²) in [5.41, 5.74) is 0. The van der Waals surface area contributed by atoms with E-state index in [4.69, 9.17) is 14.2 Å².